The van der Waals surface area contributed by atoms with Crippen LogP contribution in [0.1, 0.15) is 15.9 Å². The Hall–Kier alpha value is -2.56. The number of hydrogen-bond acceptors (Lipinski definition) is 3. The normalized spacial score (nSPS) is 10.0. The van der Waals surface area contributed by atoms with Crippen molar-refractivity contribution in [1.82, 2.24) is 4.73 Å². The van der Waals surface area contributed by atoms with E-state index in [0.29, 0.717) is 0 Å². The van der Waals surface area contributed by atoms with Crippen molar-refractivity contribution in [2.45, 2.75) is 6.61 Å². The number of aromatic carboxylic acids is 1. The van der Waals surface area contributed by atoms with E-state index in [2.05, 4.69) is 0 Å². The minimum Gasteiger partial charge on any atom is -0.477 e. The third kappa shape index (κ3) is 2.57. The van der Waals surface area contributed by atoms with Crippen LogP contribution in [-0.4, -0.2) is 15.8 Å². The summed E-state index contributed by atoms with van der Waals surface area (Å²) in [6, 6.07) is 12.0. The smallest absolute Gasteiger partial charge is 0.341 e. The van der Waals surface area contributed by atoms with Crippen LogP contribution in [0.4, 0.5) is 0 Å². The lowest BCUT2D eigenvalue weighted by molar-refractivity contribution is 0.0668. The molecular weight excluding hydrogens is 234 g/mol. The van der Waals surface area contributed by atoms with Gasteiger partial charge in [-0.15, -0.1) is 0 Å². The second-order valence-corrected chi connectivity index (χ2v) is 3.62. The Balaban J connectivity index is 2.18. The first-order chi connectivity index (χ1) is 8.68. The number of benzene rings is 1. The summed E-state index contributed by atoms with van der Waals surface area (Å²) in [5.41, 5.74) is -0.100. The van der Waals surface area contributed by atoms with E-state index in [1.165, 1.54) is 18.3 Å². The molecule has 0 saturated carbocycles. The summed E-state index contributed by atoms with van der Waals surface area (Å²) in [4.78, 5) is 27.7. The number of carbonyl (C=O) groups is 1. The second-order valence-electron chi connectivity index (χ2n) is 3.62. The molecule has 0 aliphatic heterocycles. The summed E-state index contributed by atoms with van der Waals surface area (Å²) in [6.45, 7) is 0.198. The van der Waals surface area contributed by atoms with Gasteiger partial charge >= 0.3 is 5.97 Å². The van der Waals surface area contributed by atoms with Crippen molar-refractivity contribution in [3.05, 3.63) is 70.1 Å². The van der Waals surface area contributed by atoms with Crippen LogP contribution in [0.25, 0.3) is 0 Å². The molecule has 0 atom stereocenters. The lowest BCUT2D eigenvalue weighted by Crippen LogP contribution is -2.30. The van der Waals surface area contributed by atoms with Gasteiger partial charge in [0.15, 0.2) is 0 Å². The van der Waals surface area contributed by atoms with Gasteiger partial charge in [0.05, 0.1) is 0 Å². The Bertz CT molecular complexity index is 604. The number of rotatable bonds is 4. The van der Waals surface area contributed by atoms with Gasteiger partial charge in [0.25, 0.3) is 5.56 Å². The third-order valence-electron chi connectivity index (χ3n) is 2.36. The van der Waals surface area contributed by atoms with Crippen molar-refractivity contribution in [3.8, 4) is 0 Å². The molecule has 0 aliphatic rings. The zero-order valence-electron chi connectivity index (χ0n) is 9.45. The Morgan fingerprint density at radius 2 is 1.89 bits per heavy atom. The highest BCUT2D eigenvalue weighted by molar-refractivity contribution is 5.86. The van der Waals surface area contributed by atoms with Gasteiger partial charge in [0.1, 0.15) is 12.2 Å². The molecule has 5 heteroatoms. The fourth-order valence-electron chi connectivity index (χ4n) is 1.46. The molecule has 0 radical (unpaired) electrons. The van der Waals surface area contributed by atoms with Gasteiger partial charge in [-0.05, 0) is 17.7 Å². The van der Waals surface area contributed by atoms with Crippen LogP contribution >= 0.6 is 0 Å². The fourth-order valence-corrected chi connectivity index (χ4v) is 1.46. The van der Waals surface area contributed by atoms with Crippen LogP contribution in [0.5, 0.6) is 0 Å². The SMILES string of the molecule is O=C(O)c1cccn(OCc2ccccc2)c1=O. The molecule has 0 saturated heterocycles. The van der Waals surface area contributed by atoms with Crippen LogP contribution in [0.3, 0.4) is 0 Å². The maximum Gasteiger partial charge on any atom is 0.341 e. The number of carboxylic acid groups (broad SMARTS) is 1. The number of carboxylic acids is 1. The molecule has 0 amide bonds. The van der Waals surface area contributed by atoms with Gasteiger partial charge in [-0.25, -0.2) is 4.79 Å². The van der Waals surface area contributed by atoms with Gasteiger partial charge in [0, 0.05) is 6.20 Å². The highest BCUT2D eigenvalue weighted by Gasteiger charge is 2.10. The quantitative estimate of drug-likeness (QED) is 0.878. The zero-order chi connectivity index (χ0) is 13.0. The number of nitrogens with zero attached hydrogens (tertiary/aromatic N) is 1. The minimum absolute atomic E-state index is 0.198. The molecule has 0 unspecified atom stereocenters. The van der Waals surface area contributed by atoms with Crippen molar-refractivity contribution >= 4 is 5.97 Å². The Morgan fingerprint density at radius 1 is 1.17 bits per heavy atom. The van der Waals surface area contributed by atoms with E-state index < -0.39 is 11.5 Å². The third-order valence-corrected chi connectivity index (χ3v) is 2.36. The molecule has 0 spiro atoms. The maximum atomic E-state index is 11.7. The molecule has 0 aliphatic carbocycles. The van der Waals surface area contributed by atoms with Gasteiger partial charge in [-0.3, -0.25) is 4.79 Å². The molecular formula is C13H11NO4. The van der Waals surface area contributed by atoms with Gasteiger partial charge < -0.3 is 9.94 Å². The van der Waals surface area contributed by atoms with Gasteiger partial charge in [0.2, 0.25) is 0 Å². The molecule has 2 rings (SSSR count). The molecule has 92 valence electrons. The van der Waals surface area contributed by atoms with E-state index in [0.717, 1.165) is 10.3 Å². The summed E-state index contributed by atoms with van der Waals surface area (Å²) in [5.74, 6) is -1.27. The van der Waals surface area contributed by atoms with Crippen molar-refractivity contribution in [2.24, 2.45) is 0 Å². The maximum absolute atomic E-state index is 11.7. The molecule has 5 nitrogen and oxygen atoms in total. The predicted octanol–water partition coefficient (Wildman–Crippen LogP) is 1.18. The Kier molecular flexibility index (Phi) is 3.43. The Morgan fingerprint density at radius 3 is 2.56 bits per heavy atom. The van der Waals surface area contributed by atoms with E-state index in [9.17, 15) is 9.59 Å². The molecule has 1 aromatic carbocycles. The van der Waals surface area contributed by atoms with Crippen molar-refractivity contribution in [2.75, 3.05) is 0 Å². The number of hydrogen-bond donors (Lipinski definition) is 1. The molecule has 2 aromatic rings. The van der Waals surface area contributed by atoms with Gasteiger partial charge in [-0.2, -0.15) is 4.73 Å². The molecule has 0 bridgehead atoms. The molecule has 1 heterocycles. The van der Waals surface area contributed by atoms with Crippen molar-refractivity contribution < 1.29 is 14.7 Å². The van der Waals surface area contributed by atoms with E-state index in [-0.39, 0.29) is 12.2 Å². The largest absolute Gasteiger partial charge is 0.477 e. The average molecular weight is 245 g/mol. The minimum atomic E-state index is -1.27. The van der Waals surface area contributed by atoms with Gasteiger partial charge in [-0.1, -0.05) is 30.3 Å². The van der Waals surface area contributed by atoms with E-state index in [1.807, 2.05) is 30.3 Å². The summed E-state index contributed by atoms with van der Waals surface area (Å²) >= 11 is 0. The highest BCUT2D eigenvalue weighted by Crippen LogP contribution is 1.98. The lowest BCUT2D eigenvalue weighted by atomic mass is 10.2. The zero-order valence-corrected chi connectivity index (χ0v) is 9.45. The summed E-state index contributed by atoms with van der Waals surface area (Å²) in [5, 5.41) is 8.81. The average Bonchev–Trinajstić information content (AvgIpc) is 2.38. The summed E-state index contributed by atoms with van der Waals surface area (Å²) < 4.78 is 0.927. The van der Waals surface area contributed by atoms with Crippen LogP contribution < -0.4 is 10.4 Å². The highest BCUT2D eigenvalue weighted by atomic mass is 16.7. The monoisotopic (exact) mass is 245 g/mol. The predicted molar refractivity (Wildman–Crippen MR) is 64.4 cm³/mol. The second kappa shape index (κ2) is 5.18. The summed E-state index contributed by atoms with van der Waals surface area (Å²) in [6.07, 6.45) is 1.39. The number of pyridine rings is 1. The molecule has 1 aromatic heterocycles. The van der Waals surface area contributed by atoms with E-state index >= 15 is 0 Å². The molecule has 0 fully saturated rings. The fraction of sp³-hybridized carbons (Fsp3) is 0.0769. The first-order valence-corrected chi connectivity index (χ1v) is 5.30. The molecule has 18 heavy (non-hydrogen) atoms. The van der Waals surface area contributed by atoms with Crippen LogP contribution in [0, 0.1) is 0 Å². The number of aromatic nitrogens is 1. The first kappa shape index (κ1) is 11.9. The standard InChI is InChI=1S/C13H11NO4/c15-12-11(13(16)17)7-4-8-14(12)18-9-10-5-2-1-3-6-10/h1-8H,9H2,(H,16,17). The summed E-state index contributed by atoms with van der Waals surface area (Å²) in [7, 11) is 0. The topological polar surface area (TPSA) is 68.5 Å². The van der Waals surface area contributed by atoms with Crippen LogP contribution in [0.2, 0.25) is 0 Å². The van der Waals surface area contributed by atoms with Crippen molar-refractivity contribution in [1.29, 1.82) is 0 Å². The van der Waals surface area contributed by atoms with Crippen molar-refractivity contribution in [3.63, 3.8) is 0 Å². The van der Waals surface area contributed by atoms with E-state index in [1.54, 1.807) is 0 Å². The Labute approximate surface area is 103 Å². The first-order valence-electron chi connectivity index (χ1n) is 5.30. The van der Waals surface area contributed by atoms with Crippen LogP contribution in [-0.2, 0) is 6.61 Å². The van der Waals surface area contributed by atoms with Crippen LogP contribution in [0.15, 0.2) is 53.5 Å². The molecule has 1 N–H and O–H groups in total. The lowest BCUT2D eigenvalue weighted by Gasteiger charge is -2.08. The van der Waals surface area contributed by atoms with E-state index in [4.69, 9.17) is 9.94 Å².